The van der Waals surface area contributed by atoms with E-state index in [4.69, 9.17) is 0 Å². The molecule has 1 aromatic carbocycles. The van der Waals surface area contributed by atoms with Gasteiger partial charge in [-0.2, -0.15) is 0 Å². The molecule has 2 heteroatoms. The molecule has 1 nitrogen and oxygen atoms in total. The minimum atomic E-state index is -0.154. The molecule has 2 unspecified atom stereocenters. The summed E-state index contributed by atoms with van der Waals surface area (Å²) in [5, 5.41) is 10.2. The molecule has 0 amide bonds. The molecule has 0 aliphatic heterocycles. The Morgan fingerprint density at radius 2 is 1.88 bits per heavy atom. The fourth-order valence-electron chi connectivity index (χ4n) is 1.91. The Hall–Kier alpha value is -0.301. The van der Waals surface area contributed by atoms with Gasteiger partial charge < -0.3 is 0 Å². The van der Waals surface area contributed by atoms with Gasteiger partial charge in [0.1, 0.15) is 0 Å². The zero-order valence-corrected chi connectivity index (χ0v) is 11.9. The Bertz CT molecular complexity index is 273. The van der Waals surface area contributed by atoms with Crippen LogP contribution in [0.4, 0.5) is 0 Å². The number of rotatable bonds is 7. The number of unbranched alkanes of at least 4 members (excludes halogenated alkanes) is 2. The second-order valence-electron chi connectivity index (χ2n) is 4.13. The van der Waals surface area contributed by atoms with Crippen molar-refractivity contribution in [1.82, 2.24) is 0 Å². The first-order chi connectivity index (χ1) is 7.79. The van der Waals surface area contributed by atoms with Crippen molar-refractivity contribution in [2.75, 3.05) is 0 Å². The molecule has 90 valence electrons. The van der Waals surface area contributed by atoms with Crippen molar-refractivity contribution in [3.8, 4) is 0 Å². The van der Waals surface area contributed by atoms with E-state index in [1.165, 1.54) is 18.4 Å². The number of aliphatic hydroxyl groups is 1. The third-order valence-electron chi connectivity index (χ3n) is 2.83. The minimum absolute atomic E-state index is 0.154. The first-order valence-electron chi connectivity index (χ1n) is 6.05. The van der Waals surface area contributed by atoms with E-state index in [0.29, 0.717) is 19.8 Å². The maximum atomic E-state index is 10.2. The van der Waals surface area contributed by atoms with E-state index in [1.807, 2.05) is 6.07 Å². The van der Waals surface area contributed by atoms with Crippen LogP contribution < -0.4 is 0 Å². The summed E-state index contributed by atoms with van der Waals surface area (Å²) in [6.45, 7) is 2.20. The molecule has 0 saturated carbocycles. The Balaban J connectivity index is 2.53. The summed E-state index contributed by atoms with van der Waals surface area (Å²) in [5.41, 5.74) is 1.30. The predicted octanol–water partition coefficient (Wildman–Crippen LogP) is 3.42. The van der Waals surface area contributed by atoms with Gasteiger partial charge in [-0.05, 0) is 0 Å². The molecule has 16 heavy (non-hydrogen) atoms. The van der Waals surface area contributed by atoms with Crippen LogP contribution in [0.1, 0.15) is 43.0 Å². The summed E-state index contributed by atoms with van der Waals surface area (Å²) in [7, 11) is 0. The van der Waals surface area contributed by atoms with Crippen LogP contribution in [0.2, 0.25) is 5.82 Å². The number of hydrogen-bond donors (Lipinski definition) is 1. The summed E-state index contributed by atoms with van der Waals surface area (Å²) in [4.78, 5) is 0.366. The van der Waals surface area contributed by atoms with E-state index in [9.17, 15) is 5.11 Å². The molecule has 0 heterocycles. The molecular formula is C14H22OSe. The van der Waals surface area contributed by atoms with Gasteiger partial charge in [-0.25, -0.2) is 0 Å². The van der Waals surface area contributed by atoms with Crippen LogP contribution >= 0.6 is 0 Å². The van der Waals surface area contributed by atoms with E-state index >= 15 is 0 Å². The van der Waals surface area contributed by atoms with Crippen molar-refractivity contribution >= 4 is 15.0 Å². The molecule has 0 aliphatic rings. The summed E-state index contributed by atoms with van der Waals surface area (Å²) < 4.78 is 0. The maximum absolute atomic E-state index is 10.2. The quantitative estimate of drug-likeness (QED) is 0.601. The van der Waals surface area contributed by atoms with Gasteiger partial charge in [-0.1, -0.05) is 0 Å². The van der Waals surface area contributed by atoms with Gasteiger partial charge in [0.15, 0.2) is 0 Å². The van der Waals surface area contributed by atoms with Gasteiger partial charge in [-0.3, -0.25) is 0 Å². The monoisotopic (exact) mass is 286 g/mol. The van der Waals surface area contributed by atoms with E-state index < -0.39 is 0 Å². The topological polar surface area (TPSA) is 20.2 Å². The first kappa shape index (κ1) is 13.8. The zero-order chi connectivity index (χ0) is 11.8. The Kier molecular flexibility index (Phi) is 6.79. The molecule has 0 spiro atoms. The van der Waals surface area contributed by atoms with Crippen molar-refractivity contribution in [2.24, 2.45) is 0 Å². The molecule has 0 saturated heterocycles. The normalized spacial score (nSPS) is 14.7. The molecule has 0 aromatic heterocycles. The summed E-state index contributed by atoms with van der Waals surface area (Å²) in [6, 6.07) is 10.4. The van der Waals surface area contributed by atoms with Gasteiger partial charge in [0.05, 0.1) is 0 Å². The number of aliphatic hydroxyl groups excluding tert-OH is 1. The summed E-state index contributed by atoms with van der Waals surface area (Å²) >= 11 is 0.465. The first-order valence-corrected chi connectivity index (χ1v) is 8.75. The fraction of sp³-hybridized carbons (Fsp3) is 0.571. The number of benzene rings is 1. The molecule has 1 aromatic rings. The van der Waals surface area contributed by atoms with Crippen LogP contribution in [0.15, 0.2) is 30.3 Å². The standard InChI is InChI=1S/C14H22OSe/c1-3-4-6-11-13(15)14(16-2)12-9-7-5-8-10-12/h5,7-10,13-15H,3-4,6,11H2,1-2H3. The van der Waals surface area contributed by atoms with Crippen LogP contribution in [-0.4, -0.2) is 26.2 Å². The average molecular weight is 285 g/mol. The molecule has 0 aliphatic carbocycles. The zero-order valence-electron chi connectivity index (χ0n) is 10.2. The third kappa shape index (κ3) is 4.29. The van der Waals surface area contributed by atoms with Crippen LogP contribution in [0, 0.1) is 0 Å². The van der Waals surface area contributed by atoms with Crippen molar-refractivity contribution in [1.29, 1.82) is 0 Å². The molecule has 1 rings (SSSR count). The number of hydrogen-bond acceptors (Lipinski definition) is 1. The van der Waals surface area contributed by atoms with Crippen molar-refractivity contribution in [3.63, 3.8) is 0 Å². The second-order valence-corrected chi connectivity index (χ2v) is 6.18. The van der Waals surface area contributed by atoms with E-state index in [2.05, 4.69) is 37.0 Å². The van der Waals surface area contributed by atoms with Crippen LogP contribution in [0.25, 0.3) is 0 Å². The molecule has 0 bridgehead atoms. The Morgan fingerprint density at radius 1 is 1.19 bits per heavy atom. The van der Waals surface area contributed by atoms with Crippen molar-refractivity contribution < 1.29 is 5.11 Å². The van der Waals surface area contributed by atoms with E-state index in [1.54, 1.807) is 0 Å². The molecular weight excluding hydrogens is 263 g/mol. The molecule has 2 atom stereocenters. The third-order valence-corrected chi connectivity index (χ3v) is 5.13. The van der Waals surface area contributed by atoms with E-state index in [0.717, 1.165) is 12.8 Å². The van der Waals surface area contributed by atoms with Crippen LogP contribution in [-0.2, 0) is 0 Å². The molecule has 0 radical (unpaired) electrons. The van der Waals surface area contributed by atoms with Crippen molar-refractivity contribution in [3.05, 3.63) is 35.9 Å². The predicted molar refractivity (Wildman–Crippen MR) is 70.9 cm³/mol. The molecule has 1 N–H and O–H groups in total. The summed E-state index contributed by atoms with van der Waals surface area (Å²) in [6.07, 6.45) is 4.40. The van der Waals surface area contributed by atoms with Crippen molar-refractivity contribution in [2.45, 2.75) is 49.3 Å². The van der Waals surface area contributed by atoms with Gasteiger partial charge in [0.25, 0.3) is 0 Å². The fourth-order valence-corrected chi connectivity index (χ4v) is 3.76. The Labute approximate surface area is 105 Å². The Morgan fingerprint density at radius 3 is 2.44 bits per heavy atom. The van der Waals surface area contributed by atoms with Crippen LogP contribution in [0.3, 0.4) is 0 Å². The molecule has 0 fully saturated rings. The second kappa shape index (κ2) is 7.89. The van der Waals surface area contributed by atoms with Gasteiger partial charge in [-0.15, -0.1) is 0 Å². The summed E-state index contributed by atoms with van der Waals surface area (Å²) in [5.74, 6) is 2.22. The van der Waals surface area contributed by atoms with Crippen LogP contribution in [0.5, 0.6) is 0 Å². The van der Waals surface area contributed by atoms with E-state index in [-0.39, 0.29) is 6.10 Å². The average Bonchev–Trinajstić information content (AvgIpc) is 2.32. The van der Waals surface area contributed by atoms with Gasteiger partial charge in [0.2, 0.25) is 0 Å². The SMILES string of the molecule is CCCCCC(O)C([Se]C)c1ccccc1. The van der Waals surface area contributed by atoms with Gasteiger partial charge in [0, 0.05) is 0 Å². The van der Waals surface area contributed by atoms with Gasteiger partial charge >= 0.3 is 105 Å².